The van der Waals surface area contributed by atoms with Crippen LogP contribution in [0.1, 0.15) is 11.1 Å². The van der Waals surface area contributed by atoms with Gasteiger partial charge in [0.15, 0.2) is 0 Å². The van der Waals surface area contributed by atoms with Gasteiger partial charge in [-0.05, 0) is 40.8 Å². The summed E-state index contributed by atoms with van der Waals surface area (Å²) in [6.07, 6.45) is 3.89. The molecule has 26 heavy (non-hydrogen) atoms. The van der Waals surface area contributed by atoms with Crippen LogP contribution in [0.5, 0.6) is 0 Å². The van der Waals surface area contributed by atoms with Gasteiger partial charge in [-0.15, -0.1) is 11.8 Å². The van der Waals surface area contributed by atoms with Gasteiger partial charge >= 0.3 is 5.97 Å². The monoisotopic (exact) mass is 362 g/mol. The molecule has 0 spiro atoms. The maximum absolute atomic E-state index is 12.3. The molecular weight excluding hydrogens is 344 g/mol. The molecule has 0 atom stereocenters. The molecule has 0 bridgehead atoms. The molecule has 3 nitrogen and oxygen atoms in total. The van der Waals surface area contributed by atoms with Crippen LogP contribution in [-0.4, -0.2) is 12.2 Å². The van der Waals surface area contributed by atoms with Gasteiger partial charge in [0.1, 0.15) is 12.2 Å². The first-order valence-corrected chi connectivity index (χ1v) is 9.63. The average Bonchev–Trinajstić information content (AvgIpc) is 3.10. The molecule has 0 amide bonds. The number of benzene rings is 3. The second-order valence-electron chi connectivity index (χ2n) is 6.11. The smallest absolute Gasteiger partial charge is 0.310 e. The van der Waals surface area contributed by atoms with Crippen LogP contribution in [0.4, 0.5) is 0 Å². The number of furan rings is 1. The van der Waals surface area contributed by atoms with Gasteiger partial charge in [-0.3, -0.25) is 4.79 Å². The zero-order chi connectivity index (χ0) is 17.9. The van der Waals surface area contributed by atoms with E-state index >= 15 is 0 Å². The van der Waals surface area contributed by atoms with Crippen molar-refractivity contribution in [1.82, 2.24) is 0 Å². The second kappa shape index (κ2) is 7.26. The zero-order valence-corrected chi connectivity index (χ0v) is 15.2. The predicted octanol–water partition coefficient (Wildman–Crippen LogP) is 5.59. The van der Waals surface area contributed by atoms with Gasteiger partial charge in [-0.2, -0.15) is 0 Å². The van der Waals surface area contributed by atoms with E-state index in [2.05, 4.69) is 12.1 Å². The van der Waals surface area contributed by atoms with Crippen LogP contribution in [0.2, 0.25) is 0 Å². The molecule has 0 unspecified atom stereocenters. The number of carbonyl (C=O) groups is 1. The van der Waals surface area contributed by atoms with Crippen molar-refractivity contribution in [2.45, 2.75) is 17.9 Å². The molecule has 4 rings (SSSR count). The summed E-state index contributed by atoms with van der Waals surface area (Å²) in [6.45, 7) is 0.282. The fourth-order valence-electron chi connectivity index (χ4n) is 3.10. The van der Waals surface area contributed by atoms with Crippen molar-refractivity contribution >= 4 is 39.5 Å². The number of rotatable bonds is 5. The van der Waals surface area contributed by atoms with Gasteiger partial charge < -0.3 is 9.15 Å². The Kier molecular flexibility index (Phi) is 4.67. The van der Waals surface area contributed by atoms with Crippen LogP contribution >= 0.6 is 11.8 Å². The fraction of sp³-hybridized carbons (Fsp3) is 0.136. The first-order valence-electron chi connectivity index (χ1n) is 8.41. The minimum absolute atomic E-state index is 0.198. The Hall–Kier alpha value is -2.72. The molecule has 0 aliphatic carbocycles. The summed E-state index contributed by atoms with van der Waals surface area (Å²) < 4.78 is 11.1. The molecule has 130 valence electrons. The molecule has 4 aromatic rings. The lowest BCUT2D eigenvalue weighted by Gasteiger charge is -2.06. The summed E-state index contributed by atoms with van der Waals surface area (Å²) in [5, 5.41) is 3.21. The molecule has 0 radical (unpaired) electrons. The van der Waals surface area contributed by atoms with Gasteiger partial charge in [-0.1, -0.05) is 42.5 Å². The van der Waals surface area contributed by atoms with Crippen molar-refractivity contribution in [3.8, 4) is 0 Å². The van der Waals surface area contributed by atoms with Crippen LogP contribution < -0.4 is 0 Å². The molecule has 0 N–H and O–H groups in total. The molecule has 1 aromatic heterocycles. The van der Waals surface area contributed by atoms with E-state index in [1.54, 1.807) is 18.0 Å². The van der Waals surface area contributed by atoms with Gasteiger partial charge in [0.2, 0.25) is 0 Å². The summed E-state index contributed by atoms with van der Waals surface area (Å²) in [5.41, 5.74) is 2.64. The number of hydrogen-bond donors (Lipinski definition) is 0. The Morgan fingerprint density at radius 1 is 1.04 bits per heavy atom. The highest BCUT2D eigenvalue weighted by molar-refractivity contribution is 7.98. The van der Waals surface area contributed by atoms with Gasteiger partial charge in [0.05, 0.1) is 12.7 Å². The van der Waals surface area contributed by atoms with Gasteiger partial charge in [0.25, 0.3) is 0 Å². The highest BCUT2D eigenvalue weighted by Crippen LogP contribution is 2.30. The molecular formula is C22H18O3S. The van der Waals surface area contributed by atoms with Crippen LogP contribution in [0.25, 0.3) is 21.7 Å². The Morgan fingerprint density at radius 3 is 2.65 bits per heavy atom. The molecule has 4 heteroatoms. The molecule has 0 saturated carbocycles. The highest BCUT2D eigenvalue weighted by Gasteiger charge is 2.14. The van der Waals surface area contributed by atoms with E-state index < -0.39 is 0 Å². The number of fused-ring (bicyclic) bond motifs is 3. The summed E-state index contributed by atoms with van der Waals surface area (Å²) in [5.74, 6) is -0.255. The van der Waals surface area contributed by atoms with Crippen molar-refractivity contribution in [1.29, 1.82) is 0 Å². The third kappa shape index (κ3) is 3.33. The van der Waals surface area contributed by atoms with Crippen LogP contribution in [-0.2, 0) is 22.6 Å². The molecule has 1 heterocycles. The van der Waals surface area contributed by atoms with E-state index in [-0.39, 0.29) is 19.0 Å². The fourth-order valence-corrected chi connectivity index (χ4v) is 3.50. The molecule has 0 fully saturated rings. The molecule has 3 aromatic carbocycles. The van der Waals surface area contributed by atoms with E-state index in [0.717, 1.165) is 32.9 Å². The van der Waals surface area contributed by atoms with E-state index in [0.29, 0.717) is 0 Å². The Bertz CT molecular complexity index is 1060. The lowest BCUT2D eigenvalue weighted by Crippen LogP contribution is -2.07. The summed E-state index contributed by atoms with van der Waals surface area (Å²) in [6, 6.07) is 20.1. The summed E-state index contributed by atoms with van der Waals surface area (Å²) >= 11 is 1.69. The third-order valence-electron chi connectivity index (χ3n) is 4.43. The van der Waals surface area contributed by atoms with E-state index in [9.17, 15) is 4.79 Å². The van der Waals surface area contributed by atoms with Crippen molar-refractivity contribution in [2.75, 3.05) is 6.26 Å². The Morgan fingerprint density at radius 2 is 1.85 bits per heavy atom. The SMILES string of the molecule is CSc1ccc(COC(=O)Cc2coc3ccc4ccccc4c23)cc1. The van der Waals surface area contributed by atoms with Gasteiger partial charge in [-0.25, -0.2) is 0 Å². The summed E-state index contributed by atoms with van der Waals surface area (Å²) in [4.78, 5) is 13.5. The van der Waals surface area contributed by atoms with Crippen molar-refractivity contribution in [3.05, 3.63) is 78.1 Å². The molecule has 0 aliphatic heterocycles. The van der Waals surface area contributed by atoms with Crippen LogP contribution in [0.3, 0.4) is 0 Å². The number of esters is 1. The first kappa shape index (κ1) is 16.7. The van der Waals surface area contributed by atoms with Gasteiger partial charge in [0, 0.05) is 15.8 Å². The lowest BCUT2D eigenvalue weighted by atomic mass is 10.0. The predicted molar refractivity (Wildman–Crippen MR) is 105 cm³/mol. The number of hydrogen-bond acceptors (Lipinski definition) is 4. The van der Waals surface area contributed by atoms with Crippen LogP contribution in [0.15, 0.2) is 76.2 Å². The maximum Gasteiger partial charge on any atom is 0.310 e. The maximum atomic E-state index is 12.3. The van der Waals surface area contributed by atoms with Crippen LogP contribution in [0, 0.1) is 0 Å². The number of carbonyl (C=O) groups excluding carboxylic acids is 1. The lowest BCUT2D eigenvalue weighted by molar-refractivity contribution is -0.144. The van der Waals surface area contributed by atoms with Crippen molar-refractivity contribution < 1.29 is 13.9 Å². The quantitative estimate of drug-likeness (QED) is 0.342. The zero-order valence-electron chi connectivity index (χ0n) is 14.4. The first-order chi connectivity index (χ1) is 12.7. The minimum atomic E-state index is -0.255. The van der Waals surface area contributed by atoms with Crippen molar-refractivity contribution in [3.63, 3.8) is 0 Å². The van der Waals surface area contributed by atoms with Crippen molar-refractivity contribution in [2.24, 2.45) is 0 Å². The van der Waals surface area contributed by atoms with E-state index in [1.807, 2.05) is 54.8 Å². The Balaban J connectivity index is 1.51. The topological polar surface area (TPSA) is 39.4 Å². The average molecular weight is 362 g/mol. The van der Waals surface area contributed by atoms with E-state index in [4.69, 9.17) is 9.15 Å². The standard InChI is InChI=1S/C22H18O3S/c1-26-18-9-6-15(7-10-18)13-25-21(23)12-17-14-24-20-11-8-16-4-2-3-5-19(16)22(17)20/h2-11,14H,12-13H2,1H3. The summed E-state index contributed by atoms with van der Waals surface area (Å²) in [7, 11) is 0. The van der Waals surface area contributed by atoms with E-state index in [1.165, 1.54) is 4.90 Å². The third-order valence-corrected chi connectivity index (χ3v) is 5.18. The highest BCUT2D eigenvalue weighted by atomic mass is 32.2. The minimum Gasteiger partial charge on any atom is -0.464 e. The molecule has 0 aliphatic rings. The number of ether oxygens (including phenoxy) is 1. The molecule has 0 saturated heterocycles. The second-order valence-corrected chi connectivity index (χ2v) is 6.99. The Labute approximate surface area is 156 Å². The number of thioether (sulfide) groups is 1. The normalized spacial score (nSPS) is 11.1. The largest absolute Gasteiger partial charge is 0.464 e.